The molecular formula is C7H6F2O3S. The van der Waals surface area contributed by atoms with Crippen LogP contribution in [0.1, 0.15) is 11.9 Å². The zero-order valence-electron chi connectivity index (χ0n) is 6.35. The predicted octanol–water partition coefficient (Wildman–Crippen LogP) is 1.89. The Kier molecular flexibility index (Phi) is 2.94. The quantitative estimate of drug-likeness (QED) is 0.712. The first-order chi connectivity index (χ1) is 5.99. The lowest BCUT2D eigenvalue weighted by Crippen LogP contribution is -2.02. The summed E-state index contributed by atoms with van der Waals surface area (Å²) < 4.78 is 47.9. The van der Waals surface area contributed by atoms with Crippen molar-refractivity contribution in [2.24, 2.45) is 0 Å². The van der Waals surface area contributed by atoms with Crippen molar-refractivity contribution >= 4 is 10.5 Å². The molecule has 13 heavy (non-hydrogen) atoms. The topological polar surface area (TPSA) is 43.4 Å². The smallest absolute Gasteiger partial charge is 0.209 e. The Morgan fingerprint density at radius 2 is 1.77 bits per heavy atom. The molecule has 1 aromatic carbocycles. The highest BCUT2D eigenvalue weighted by Crippen LogP contribution is 2.20. The van der Waals surface area contributed by atoms with Crippen LogP contribution >= 0.6 is 0 Å². The molecule has 0 saturated heterocycles. The summed E-state index contributed by atoms with van der Waals surface area (Å²) in [6.07, 6.45) is -2.30. The Labute approximate surface area is 74.4 Å². The van der Waals surface area contributed by atoms with Gasteiger partial charge in [0.05, 0.1) is 0 Å². The minimum atomic E-state index is -5.25. The lowest BCUT2D eigenvalue weighted by Gasteiger charge is -2.04. The van der Waals surface area contributed by atoms with Crippen molar-refractivity contribution in [3.8, 4) is 0 Å². The summed E-state index contributed by atoms with van der Waals surface area (Å²) in [5.41, 5.74) is -0.0521. The molecule has 1 rings (SSSR count). The van der Waals surface area contributed by atoms with E-state index >= 15 is 0 Å². The van der Waals surface area contributed by atoms with Crippen LogP contribution in [0.4, 0.5) is 8.28 Å². The van der Waals surface area contributed by atoms with E-state index in [1.165, 1.54) is 24.3 Å². The molecule has 1 atom stereocenters. The van der Waals surface area contributed by atoms with Gasteiger partial charge in [-0.1, -0.05) is 34.2 Å². The number of benzene rings is 1. The van der Waals surface area contributed by atoms with Gasteiger partial charge in [0.25, 0.3) is 0 Å². The van der Waals surface area contributed by atoms with Gasteiger partial charge in [-0.05, 0) is 0 Å². The molecule has 1 unspecified atom stereocenters. The molecule has 0 spiro atoms. The van der Waals surface area contributed by atoms with E-state index in [2.05, 4.69) is 4.18 Å². The minimum Gasteiger partial charge on any atom is -0.209 e. The molecule has 72 valence electrons. The summed E-state index contributed by atoms with van der Waals surface area (Å²) in [5.74, 6) is 0. The molecule has 0 aromatic heterocycles. The Morgan fingerprint density at radius 3 is 2.23 bits per heavy atom. The van der Waals surface area contributed by atoms with E-state index in [9.17, 15) is 16.7 Å². The first kappa shape index (κ1) is 10.1. The molecule has 0 aliphatic rings. The van der Waals surface area contributed by atoms with Crippen LogP contribution in [0, 0.1) is 0 Å². The fourth-order valence-corrected chi connectivity index (χ4v) is 1.07. The fraction of sp³-hybridized carbons (Fsp3) is 0.143. The fourth-order valence-electron chi connectivity index (χ4n) is 0.761. The molecule has 0 saturated carbocycles. The van der Waals surface area contributed by atoms with Gasteiger partial charge < -0.3 is 0 Å². The molecule has 0 radical (unpaired) electrons. The van der Waals surface area contributed by atoms with Gasteiger partial charge in [-0.15, -0.1) is 0 Å². The van der Waals surface area contributed by atoms with E-state index in [1.54, 1.807) is 6.07 Å². The third-order valence-electron chi connectivity index (χ3n) is 1.26. The third-order valence-corrected chi connectivity index (χ3v) is 1.66. The van der Waals surface area contributed by atoms with Gasteiger partial charge in [0, 0.05) is 5.56 Å². The zero-order valence-corrected chi connectivity index (χ0v) is 7.17. The van der Waals surface area contributed by atoms with Gasteiger partial charge in [0.2, 0.25) is 6.36 Å². The second-order valence-corrected chi connectivity index (χ2v) is 3.19. The summed E-state index contributed by atoms with van der Waals surface area (Å²) >= 11 is 0. The SMILES string of the molecule is O=S(=O)(F)OC(F)c1ccccc1. The average molecular weight is 208 g/mol. The molecule has 0 bridgehead atoms. The van der Waals surface area contributed by atoms with Crippen LogP contribution in [0.3, 0.4) is 0 Å². The number of alkyl halides is 1. The Hall–Kier alpha value is -1.01. The lowest BCUT2D eigenvalue weighted by molar-refractivity contribution is 0.0672. The van der Waals surface area contributed by atoms with Crippen molar-refractivity contribution in [1.82, 2.24) is 0 Å². The van der Waals surface area contributed by atoms with Crippen LogP contribution in [0.2, 0.25) is 0 Å². The molecule has 0 N–H and O–H groups in total. The number of halogens is 2. The molecule has 0 heterocycles. The van der Waals surface area contributed by atoms with Crippen LogP contribution < -0.4 is 0 Å². The maximum absolute atomic E-state index is 12.8. The van der Waals surface area contributed by atoms with Crippen molar-refractivity contribution in [2.75, 3.05) is 0 Å². The molecule has 3 nitrogen and oxygen atoms in total. The highest BCUT2D eigenvalue weighted by Gasteiger charge is 2.18. The van der Waals surface area contributed by atoms with E-state index in [0.717, 1.165) is 0 Å². The summed E-state index contributed by atoms with van der Waals surface area (Å²) in [7, 11) is -5.25. The highest BCUT2D eigenvalue weighted by molar-refractivity contribution is 7.81. The van der Waals surface area contributed by atoms with Gasteiger partial charge in [-0.3, -0.25) is 0 Å². The molecule has 1 aromatic rings. The first-order valence-electron chi connectivity index (χ1n) is 3.31. The van der Waals surface area contributed by atoms with E-state index in [-0.39, 0.29) is 5.56 Å². The number of rotatable bonds is 3. The molecule has 0 amide bonds. The lowest BCUT2D eigenvalue weighted by atomic mass is 10.2. The van der Waals surface area contributed by atoms with Gasteiger partial charge in [-0.2, -0.15) is 8.42 Å². The average Bonchev–Trinajstić information content (AvgIpc) is 2.03. The van der Waals surface area contributed by atoms with Gasteiger partial charge in [0.1, 0.15) is 0 Å². The molecular weight excluding hydrogens is 202 g/mol. The molecule has 6 heteroatoms. The monoisotopic (exact) mass is 208 g/mol. The standard InChI is InChI=1S/C7H6F2O3S/c8-7(12-13(9,10)11)6-4-2-1-3-5-6/h1-5,7H. The van der Waals surface area contributed by atoms with Crippen molar-refractivity contribution in [3.05, 3.63) is 35.9 Å². The summed E-state index contributed by atoms with van der Waals surface area (Å²) in [6.45, 7) is 0. The van der Waals surface area contributed by atoms with Crippen LogP contribution in [0.5, 0.6) is 0 Å². The van der Waals surface area contributed by atoms with Crippen molar-refractivity contribution in [2.45, 2.75) is 6.36 Å². The number of hydrogen-bond donors (Lipinski definition) is 0. The van der Waals surface area contributed by atoms with E-state index in [0.29, 0.717) is 0 Å². The maximum Gasteiger partial charge on any atom is 0.440 e. The third kappa shape index (κ3) is 3.47. The van der Waals surface area contributed by atoms with E-state index in [1.807, 2.05) is 0 Å². The maximum atomic E-state index is 12.8. The minimum absolute atomic E-state index is 0.0521. The van der Waals surface area contributed by atoms with Gasteiger partial charge in [-0.25, -0.2) is 8.57 Å². The second kappa shape index (κ2) is 3.80. The molecule has 0 aliphatic heterocycles. The summed E-state index contributed by atoms with van der Waals surface area (Å²) in [5, 5.41) is 0. The van der Waals surface area contributed by atoms with Crippen molar-refractivity contribution in [3.63, 3.8) is 0 Å². The second-order valence-electron chi connectivity index (χ2n) is 2.22. The van der Waals surface area contributed by atoms with Crippen LogP contribution in [0.15, 0.2) is 30.3 Å². The van der Waals surface area contributed by atoms with Crippen LogP contribution in [-0.4, -0.2) is 8.42 Å². The largest absolute Gasteiger partial charge is 0.440 e. The summed E-state index contributed by atoms with van der Waals surface area (Å²) in [4.78, 5) is 0. The Morgan fingerprint density at radius 1 is 1.23 bits per heavy atom. The highest BCUT2D eigenvalue weighted by atomic mass is 32.3. The van der Waals surface area contributed by atoms with Crippen LogP contribution in [0.25, 0.3) is 0 Å². The number of hydrogen-bond acceptors (Lipinski definition) is 3. The van der Waals surface area contributed by atoms with E-state index in [4.69, 9.17) is 0 Å². The summed E-state index contributed by atoms with van der Waals surface area (Å²) in [6, 6.07) is 7.15. The van der Waals surface area contributed by atoms with Crippen molar-refractivity contribution in [1.29, 1.82) is 0 Å². The van der Waals surface area contributed by atoms with Crippen molar-refractivity contribution < 1.29 is 20.9 Å². The zero-order chi connectivity index (χ0) is 9.90. The Balaban J connectivity index is 2.76. The molecule has 0 fully saturated rings. The van der Waals surface area contributed by atoms with Crippen LogP contribution in [-0.2, 0) is 14.7 Å². The van der Waals surface area contributed by atoms with Gasteiger partial charge >= 0.3 is 10.5 Å². The first-order valence-corrected chi connectivity index (χ1v) is 4.62. The molecule has 0 aliphatic carbocycles. The normalized spacial score (nSPS) is 14.0. The predicted molar refractivity (Wildman–Crippen MR) is 41.4 cm³/mol. The van der Waals surface area contributed by atoms with Gasteiger partial charge in [0.15, 0.2) is 0 Å². The van der Waals surface area contributed by atoms with E-state index < -0.39 is 16.9 Å². The Bertz CT molecular complexity index is 363.